The van der Waals surface area contributed by atoms with E-state index in [9.17, 15) is 0 Å². The summed E-state index contributed by atoms with van der Waals surface area (Å²) < 4.78 is 2.29. The summed E-state index contributed by atoms with van der Waals surface area (Å²) in [5, 5.41) is 0. The summed E-state index contributed by atoms with van der Waals surface area (Å²) in [6.07, 6.45) is 6.80. The molecule has 0 aliphatic carbocycles. The first-order chi connectivity index (χ1) is 9.22. The van der Waals surface area contributed by atoms with Gasteiger partial charge in [-0.2, -0.15) is 0 Å². The fraction of sp³-hybridized carbons (Fsp3) is 0.571. The van der Waals surface area contributed by atoms with Crippen molar-refractivity contribution >= 4 is 22.6 Å². The van der Waals surface area contributed by atoms with Crippen molar-refractivity contribution in [1.82, 2.24) is 19.4 Å². The van der Waals surface area contributed by atoms with Crippen LogP contribution in [0.15, 0.2) is 18.5 Å². The Morgan fingerprint density at radius 2 is 2.16 bits per heavy atom. The van der Waals surface area contributed by atoms with Gasteiger partial charge in [-0.1, -0.05) is 0 Å². The molecule has 19 heavy (non-hydrogen) atoms. The molecule has 104 valence electrons. The Hall–Kier alpha value is -1.13. The van der Waals surface area contributed by atoms with E-state index in [1.807, 2.05) is 18.5 Å². The van der Waals surface area contributed by atoms with E-state index in [1.165, 1.54) is 11.9 Å². The molecule has 0 N–H and O–H groups in total. The van der Waals surface area contributed by atoms with Crippen molar-refractivity contribution in [2.45, 2.75) is 25.8 Å². The quantitative estimate of drug-likeness (QED) is 0.577. The number of alkyl halides is 1. The summed E-state index contributed by atoms with van der Waals surface area (Å²) in [7, 11) is 4.22. The number of rotatable bonds is 7. The Balaban J connectivity index is 2.12. The monoisotopic (exact) mass is 280 g/mol. The number of unbranched alkanes of at least 4 members (excludes halogenated alkanes) is 1. The molecule has 2 rings (SSSR count). The molecule has 0 bridgehead atoms. The fourth-order valence-electron chi connectivity index (χ4n) is 2.25. The van der Waals surface area contributed by atoms with Crippen molar-refractivity contribution in [3.63, 3.8) is 0 Å². The zero-order valence-electron chi connectivity index (χ0n) is 11.6. The van der Waals surface area contributed by atoms with Crippen molar-refractivity contribution in [3.05, 3.63) is 24.3 Å². The molecule has 2 heterocycles. The summed E-state index contributed by atoms with van der Waals surface area (Å²) in [6.45, 7) is 2.12. The third-order valence-electron chi connectivity index (χ3n) is 3.18. The zero-order chi connectivity index (χ0) is 13.7. The van der Waals surface area contributed by atoms with Crippen molar-refractivity contribution < 1.29 is 0 Å². The van der Waals surface area contributed by atoms with Crippen LogP contribution in [0.2, 0.25) is 0 Å². The number of aryl methyl sites for hydroxylation is 2. The SMILES string of the molecule is CN(C)CCCCn1c(CCCl)nc2cnccc21. The lowest BCUT2D eigenvalue weighted by Crippen LogP contribution is -2.14. The molecule has 4 nitrogen and oxygen atoms in total. The first kappa shape index (κ1) is 14.3. The smallest absolute Gasteiger partial charge is 0.111 e. The minimum absolute atomic E-state index is 0.606. The van der Waals surface area contributed by atoms with E-state index < -0.39 is 0 Å². The predicted octanol–water partition coefficient (Wildman–Crippen LogP) is 2.55. The number of hydrogen-bond acceptors (Lipinski definition) is 3. The molecule has 0 saturated heterocycles. The minimum Gasteiger partial charge on any atom is -0.328 e. The van der Waals surface area contributed by atoms with Crippen LogP contribution in [-0.2, 0) is 13.0 Å². The van der Waals surface area contributed by atoms with Gasteiger partial charge >= 0.3 is 0 Å². The third-order valence-corrected chi connectivity index (χ3v) is 3.37. The summed E-state index contributed by atoms with van der Waals surface area (Å²) >= 11 is 5.86. The molecule has 0 saturated carbocycles. The molecule has 2 aromatic rings. The Kier molecular flexibility index (Phi) is 5.16. The molecule has 5 heteroatoms. The van der Waals surface area contributed by atoms with Crippen LogP contribution in [0.1, 0.15) is 18.7 Å². The number of aromatic nitrogens is 3. The van der Waals surface area contributed by atoms with Crippen LogP contribution in [0.4, 0.5) is 0 Å². The highest BCUT2D eigenvalue weighted by Crippen LogP contribution is 2.16. The Morgan fingerprint density at radius 3 is 2.89 bits per heavy atom. The van der Waals surface area contributed by atoms with Crippen LogP contribution in [0.3, 0.4) is 0 Å². The topological polar surface area (TPSA) is 34.0 Å². The van der Waals surface area contributed by atoms with E-state index in [1.54, 1.807) is 0 Å². The first-order valence-corrected chi connectivity index (χ1v) is 7.25. The number of pyridine rings is 1. The molecule has 0 atom stereocenters. The molecule has 0 aliphatic rings. The Labute approximate surface area is 119 Å². The second kappa shape index (κ2) is 6.87. The highest BCUT2D eigenvalue weighted by atomic mass is 35.5. The molecule has 2 aromatic heterocycles. The van der Waals surface area contributed by atoms with Gasteiger partial charge in [0.1, 0.15) is 11.3 Å². The maximum Gasteiger partial charge on any atom is 0.111 e. The average Bonchev–Trinajstić information content (AvgIpc) is 2.73. The molecule has 0 radical (unpaired) electrons. The van der Waals surface area contributed by atoms with Gasteiger partial charge in [0.05, 0.1) is 11.7 Å². The van der Waals surface area contributed by atoms with E-state index in [-0.39, 0.29) is 0 Å². The molecule has 0 unspecified atom stereocenters. The van der Waals surface area contributed by atoms with Gasteiger partial charge in [0.25, 0.3) is 0 Å². The van der Waals surface area contributed by atoms with Crippen LogP contribution in [-0.4, -0.2) is 46.0 Å². The van der Waals surface area contributed by atoms with Gasteiger partial charge in [-0.15, -0.1) is 11.6 Å². The van der Waals surface area contributed by atoms with E-state index in [2.05, 4.69) is 33.5 Å². The maximum atomic E-state index is 5.86. The highest BCUT2D eigenvalue weighted by Gasteiger charge is 2.09. The van der Waals surface area contributed by atoms with Crippen LogP contribution < -0.4 is 0 Å². The maximum absolute atomic E-state index is 5.86. The summed E-state index contributed by atoms with van der Waals surface area (Å²) in [5.74, 6) is 1.68. The molecular formula is C14H21ClN4. The number of halogens is 1. The minimum atomic E-state index is 0.606. The highest BCUT2D eigenvalue weighted by molar-refractivity contribution is 6.17. The fourth-order valence-corrected chi connectivity index (χ4v) is 2.42. The lowest BCUT2D eigenvalue weighted by molar-refractivity contribution is 0.387. The van der Waals surface area contributed by atoms with E-state index in [0.717, 1.165) is 37.3 Å². The summed E-state index contributed by atoms with van der Waals surface area (Å²) in [5.41, 5.74) is 2.13. The lowest BCUT2D eigenvalue weighted by Gasteiger charge is -2.11. The van der Waals surface area contributed by atoms with Gasteiger partial charge in [0.15, 0.2) is 0 Å². The van der Waals surface area contributed by atoms with Gasteiger partial charge in [-0.3, -0.25) is 4.98 Å². The van der Waals surface area contributed by atoms with Crippen LogP contribution in [0.5, 0.6) is 0 Å². The standard InChI is InChI=1S/C14H21ClN4/c1-18(2)9-3-4-10-19-13-6-8-16-11-12(13)17-14(19)5-7-15/h6,8,11H,3-5,7,9-10H2,1-2H3. The molecule has 0 aromatic carbocycles. The first-order valence-electron chi connectivity index (χ1n) is 6.72. The van der Waals surface area contributed by atoms with Crippen molar-refractivity contribution in [2.24, 2.45) is 0 Å². The number of imidazole rings is 1. The molecule has 0 aliphatic heterocycles. The van der Waals surface area contributed by atoms with E-state index in [0.29, 0.717) is 5.88 Å². The largest absolute Gasteiger partial charge is 0.328 e. The van der Waals surface area contributed by atoms with Crippen LogP contribution in [0, 0.1) is 0 Å². The Bertz CT molecular complexity index is 521. The van der Waals surface area contributed by atoms with Crippen LogP contribution >= 0.6 is 11.6 Å². The number of fused-ring (bicyclic) bond motifs is 1. The second-order valence-electron chi connectivity index (χ2n) is 4.99. The average molecular weight is 281 g/mol. The molecule has 0 spiro atoms. The van der Waals surface area contributed by atoms with Crippen molar-refractivity contribution in [3.8, 4) is 0 Å². The molecular weight excluding hydrogens is 260 g/mol. The summed E-state index contributed by atoms with van der Waals surface area (Å²) in [6, 6.07) is 2.03. The second-order valence-corrected chi connectivity index (χ2v) is 5.37. The molecule has 0 amide bonds. The van der Waals surface area contributed by atoms with E-state index in [4.69, 9.17) is 11.6 Å². The lowest BCUT2D eigenvalue weighted by atomic mass is 10.3. The van der Waals surface area contributed by atoms with Gasteiger partial charge in [0.2, 0.25) is 0 Å². The number of nitrogens with zero attached hydrogens (tertiary/aromatic N) is 4. The van der Waals surface area contributed by atoms with Crippen molar-refractivity contribution in [2.75, 3.05) is 26.5 Å². The zero-order valence-corrected chi connectivity index (χ0v) is 12.4. The normalized spacial score (nSPS) is 11.6. The van der Waals surface area contributed by atoms with Crippen LogP contribution in [0.25, 0.3) is 11.0 Å². The van der Waals surface area contributed by atoms with E-state index >= 15 is 0 Å². The summed E-state index contributed by atoms with van der Waals surface area (Å²) in [4.78, 5) is 11.0. The number of hydrogen-bond donors (Lipinski definition) is 0. The van der Waals surface area contributed by atoms with Gasteiger partial charge in [-0.25, -0.2) is 4.98 Å². The van der Waals surface area contributed by atoms with Gasteiger partial charge in [-0.05, 0) is 39.5 Å². The predicted molar refractivity (Wildman–Crippen MR) is 79.7 cm³/mol. The Morgan fingerprint density at radius 1 is 1.32 bits per heavy atom. The van der Waals surface area contributed by atoms with Gasteiger partial charge < -0.3 is 9.47 Å². The van der Waals surface area contributed by atoms with Gasteiger partial charge in [0, 0.05) is 25.0 Å². The third kappa shape index (κ3) is 3.67. The van der Waals surface area contributed by atoms with Crippen molar-refractivity contribution in [1.29, 1.82) is 0 Å². The molecule has 0 fully saturated rings.